The summed E-state index contributed by atoms with van der Waals surface area (Å²) in [5.41, 5.74) is 7.71. The van der Waals surface area contributed by atoms with Crippen LogP contribution < -0.4 is 0 Å². The minimum Gasteiger partial charge on any atom is -0.378 e. The van der Waals surface area contributed by atoms with E-state index in [4.69, 9.17) is 4.98 Å². The van der Waals surface area contributed by atoms with Crippen molar-refractivity contribution >= 4 is 27.5 Å². The molecule has 0 fully saturated rings. The second kappa shape index (κ2) is 9.02. The Balaban J connectivity index is 1.62. The molecular weight excluding hydrogens is 439 g/mol. The van der Waals surface area contributed by atoms with Crippen LogP contribution in [0.1, 0.15) is 12.5 Å². The predicted octanol–water partition coefficient (Wildman–Crippen LogP) is 6.34. The van der Waals surface area contributed by atoms with Crippen LogP contribution in [-0.2, 0) is 0 Å². The average molecular weight is 465 g/mol. The smallest absolute Gasteiger partial charge is 0.159 e. The number of hydrogen-bond acceptors (Lipinski definition) is 4. The van der Waals surface area contributed by atoms with Gasteiger partial charge in [0.25, 0.3) is 0 Å². The maximum Gasteiger partial charge on any atom is 0.159 e. The Labute approximate surface area is 202 Å². The van der Waals surface area contributed by atoms with Gasteiger partial charge >= 0.3 is 0 Å². The third-order valence-electron chi connectivity index (χ3n) is 5.99. The second-order valence-corrected chi connectivity index (χ2v) is 8.42. The Bertz CT molecular complexity index is 1620. The fourth-order valence-corrected chi connectivity index (χ4v) is 4.15. The number of likely N-dealkylation sites (N-methyl/N-ethyl adjacent to an activating group) is 1. The van der Waals surface area contributed by atoms with Crippen LogP contribution in [0.15, 0.2) is 85.4 Å². The highest BCUT2D eigenvalue weighted by Crippen LogP contribution is 2.32. The summed E-state index contributed by atoms with van der Waals surface area (Å²) in [6.45, 7) is 5.94. The number of nitrogens with one attached hydrogen (secondary N) is 2. The van der Waals surface area contributed by atoms with Gasteiger partial charge in [0.15, 0.2) is 5.82 Å². The van der Waals surface area contributed by atoms with E-state index in [2.05, 4.69) is 51.0 Å². The molecule has 0 bridgehead atoms. The fourth-order valence-electron chi connectivity index (χ4n) is 4.15. The van der Waals surface area contributed by atoms with Gasteiger partial charge in [-0.2, -0.15) is 5.10 Å². The quantitative estimate of drug-likeness (QED) is 0.288. The minimum atomic E-state index is -0.302. The molecule has 0 spiro atoms. The number of fused-ring (bicyclic) bond motifs is 2. The molecule has 6 nitrogen and oxygen atoms in total. The molecule has 0 amide bonds. The number of pyridine rings is 1. The van der Waals surface area contributed by atoms with Gasteiger partial charge in [-0.25, -0.2) is 9.37 Å². The van der Waals surface area contributed by atoms with Crippen molar-refractivity contribution in [2.75, 3.05) is 14.1 Å². The van der Waals surface area contributed by atoms with E-state index in [1.807, 2.05) is 44.1 Å². The number of halogens is 1. The number of H-pyrrole nitrogens is 2. The van der Waals surface area contributed by atoms with E-state index >= 15 is 0 Å². The van der Waals surface area contributed by atoms with E-state index in [1.54, 1.807) is 18.5 Å². The lowest BCUT2D eigenvalue weighted by atomic mass is 10.0. The zero-order valence-electron chi connectivity index (χ0n) is 19.8. The van der Waals surface area contributed by atoms with Crippen LogP contribution in [0.5, 0.6) is 0 Å². The molecule has 174 valence electrons. The summed E-state index contributed by atoms with van der Waals surface area (Å²) in [5.74, 6) is 0.315. The maximum absolute atomic E-state index is 13.9. The molecule has 0 aliphatic rings. The molecular formula is C28H25FN6. The van der Waals surface area contributed by atoms with Gasteiger partial charge in [0.1, 0.15) is 11.5 Å². The average Bonchev–Trinajstić information content (AvgIpc) is 3.48. The predicted molar refractivity (Wildman–Crippen MR) is 140 cm³/mol. The van der Waals surface area contributed by atoms with Crippen molar-refractivity contribution in [2.24, 2.45) is 0 Å². The van der Waals surface area contributed by atoms with E-state index in [9.17, 15) is 4.39 Å². The number of nitrogens with zero attached hydrogens (tertiary/aromatic N) is 4. The Morgan fingerprint density at radius 1 is 1.09 bits per heavy atom. The molecule has 0 aliphatic carbocycles. The van der Waals surface area contributed by atoms with E-state index < -0.39 is 0 Å². The summed E-state index contributed by atoms with van der Waals surface area (Å²) in [5, 5.41) is 8.60. The van der Waals surface area contributed by atoms with Gasteiger partial charge < -0.3 is 9.88 Å². The summed E-state index contributed by atoms with van der Waals surface area (Å²) in [6, 6.07) is 12.6. The van der Waals surface area contributed by atoms with Crippen LogP contribution >= 0.6 is 0 Å². The standard InChI is InChI=1S/C28H25FN6/c1-5-17(13-21(6-2)35(3)4)18-10-11-24-22(14-18)27(34-33-24)28-31-25-16-30-15-23(26(25)32-28)19-8-7-9-20(29)12-19/h5-16H,2H2,1,3-4H3,(H,31,32)(H,33,34)/b17-5+,21-13+. The lowest BCUT2D eigenvalue weighted by Crippen LogP contribution is -2.09. The van der Waals surface area contributed by atoms with Crippen LogP contribution in [0, 0.1) is 5.82 Å². The molecule has 3 heterocycles. The summed E-state index contributed by atoms with van der Waals surface area (Å²) in [7, 11) is 3.99. The number of aromatic nitrogens is 5. The SMILES string of the molecule is C=C/C(=C\C(=C/C)c1ccc2[nH]nc(-c3nc4c(-c5cccc(F)c5)cncc4[nH]3)c2c1)N(C)C. The van der Waals surface area contributed by atoms with Crippen molar-refractivity contribution in [2.45, 2.75) is 6.92 Å². The number of benzene rings is 2. The maximum atomic E-state index is 13.9. The van der Waals surface area contributed by atoms with Crippen LogP contribution in [0.3, 0.4) is 0 Å². The zero-order chi connectivity index (χ0) is 24.5. The second-order valence-electron chi connectivity index (χ2n) is 8.42. The van der Waals surface area contributed by atoms with Crippen molar-refractivity contribution in [1.82, 2.24) is 30.0 Å². The van der Waals surface area contributed by atoms with E-state index in [0.29, 0.717) is 17.0 Å². The summed E-state index contributed by atoms with van der Waals surface area (Å²) < 4.78 is 13.9. The van der Waals surface area contributed by atoms with Gasteiger partial charge in [-0.1, -0.05) is 30.9 Å². The largest absolute Gasteiger partial charge is 0.378 e. The van der Waals surface area contributed by atoms with Crippen LogP contribution in [0.4, 0.5) is 4.39 Å². The topological polar surface area (TPSA) is 73.5 Å². The Hall–Kier alpha value is -4.52. The number of allylic oxidation sites excluding steroid dienone is 4. The zero-order valence-corrected chi connectivity index (χ0v) is 19.8. The van der Waals surface area contributed by atoms with Crippen LogP contribution in [0.2, 0.25) is 0 Å². The van der Waals surface area contributed by atoms with E-state index in [-0.39, 0.29) is 5.82 Å². The summed E-state index contributed by atoms with van der Waals surface area (Å²) >= 11 is 0. The van der Waals surface area contributed by atoms with Crippen molar-refractivity contribution in [1.29, 1.82) is 0 Å². The molecule has 0 saturated carbocycles. The molecule has 0 saturated heterocycles. The highest BCUT2D eigenvalue weighted by molar-refractivity contribution is 5.98. The van der Waals surface area contributed by atoms with Gasteiger partial charge in [0.05, 0.1) is 22.7 Å². The third kappa shape index (κ3) is 4.12. The number of hydrogen-bond donors (Lipinski definition) is 2. The number of imidazole rings is 1. The molecule has 0 atom stereocenters. The lowest BCUT2D eigenvalue weighted by molar-refractivity contribution is 0.530. The van der Waals surface area contributed by atoms with Crippen molar-refractivity contribution < 1.29 is 4.39 Å². The third-order valence-corrected chi connectivity index (χ3v) is 5.99. The molecule has 2 N–H and O–H groups in total. The molecule has 0 radical (unpaired) electrons. The first-order valence-electron chi connectivity index (χ1n) is 11.2. The highest BCUT2D eigenvalue weighted by Gasteiger charge is 2.16. The molecule has 2 aromatic carbocycles. The first-order chi connectivity index (χ1) is 17.0. The summed E-state index contributed by atoms with van der Waals surface area (Å²) in [4.78, 5) is 14.5. The van der Waals surface area contributed by atoms with Gasteiger partial charge in [0.2, 0.25) is 0 Å². The van der Waals surface area contributed by atoms with Gasteiger partial charge in [-0.3, -0.25) is 10.1 Å². The molecule has 7 heteroatoms. The Morgan fingerprint density at radius 3 is 2.69 bits per heavy atom. The molecule has 5 rings (SSSR count). The molecule has 5 aromatic rings. The van der Waals surface area contributed by atoms with E-state index in [0.717, 1.165) is 44.4 Å². The summed E-state index contributed by atoms with van der Waals surface area (Å²) in [6.07, 6.45) is 9.44. The monoisotopic (exact) mass is 464 g/mol. The fraction of sp³-hybridized carbons (Fsp3) is 0.107. The highest BCUT2D eigenvalue weighted by atomic mass is 19.1. The number of rotatable bonds is 6. The minimum absolute atomic E-state index is 0.302. The van der Waals surface area contributed by atoms with E-state index in [1.165, 1.54) is 12.1 Å². The molecule has 0 aliphatic heterocycles. The van der Waals surface area contributed by atoms with Gasteiger partial charge in [0, 0.05) is 36.9 Å². The molecule has 35 heavy (non-hydrogen) atoms. The van der Waals surface area contributed by atoms with Crippen molar-refractivity contribution in [3.63, 3.8) is 0 Å². The van der Waals surface area contributed by atoms with Gasteiger partial charge in [-0.15, -0.1) is 0 Å². The molecule has 0 unspecified atom stereocenters. The number of aromatic amines is 2. The normalized spacial score (nSPS) is 12.5. The van der Waals surface area contributed by atoms with Crippen molar-refractivity contribution in [3.05, 3.63) is 96.7 Å². The van der Waals surface area contributed by atoms with Crippen LogP contribution in [0.25, 0.3) is 50.2 Å². The Kier molecular flexibility index (Phi) is 5.74. The first kappa shape index (κ1) is 22.3. The lowest BCUT2D eigenvalue weighted by Gasteiger charge is -2.14. The van der Waals surface area contributed by atoms with Crippen LogP contribution in [-0.4, -0.2) is 44.1 Å². The first-order valence-corrected chi connectivity index (χ1v) is 11.2. The van der Waals surface area contributed by atoms with Gasteiger partial charge in [-0.05, 0) is 60.0 Å². The van der Waals surface area contributed by atoms with Crippen molar-refractivity contribution in [3.8, 4) is 22.6 Å². The molecule has 3 aromatic heterocycles. The Morgan fingerprint density at radius 2 is 1.94 bits per heavy atom.